The maximum absolute atomic E-state index is 4.54. The SMILES string of the molecule is CC(CN1CCCC1)Nc1nccn1C1CCCCC1. The third-order valence-corrected chi connectivity index (χ3v) is 4.74. The largest absolute Gasteiger partial charge is 0.352 e. The molecule has 2 fully saturated rings. The van der Waals surface area contributed by atoms with E-state index in [0.29, 0.717) is 12.1 Å². The highest BCUT2D eigenvalue weighted by molar-refractivity contribution is 5.28. The summed E-state index contributed by atoms with van der Waals surface area (Å²) in [5, 5.41) is 3.62. The number of hydrogen-bond donors (Lipinski definition) is 1. The van der Waals surface area contributed by atoms with Gasteiger partial charge in [-0.05, 0) is 45.7 Å². The van der Waals surface area contributed by atoms with Gasteiger partial charge < -0.3 is 14.8 Å². The van der Waals surface area contributed by atoms with Crippen molar-refractivity contribution in [3.63, 3.8) is 0 Å². The van der Waals surface area contributed by atoms with Gasteiger partial charge in [-0.3, -0.25) is 0 Å². The normalized spacial score (nSPS) is 23.1. The second-order valence-electron chi connectivity index (χ2n) is 6.50. The van der Waals surface area contributed by atoms with E-state index < -0.39 is 0 Å². The van der Waals surface area contributed by atoms with Crippen LogP contribution in [-0.4, -0.2) is 40.1 Å². The molecule has 1 unspecified atom stereocenters. The maximum Gasteiger partial charge on any atom is 0.203 e. The first-order valence-electron chi connectivity index (χ1n) is 8.34. The summed E-state index contributed by atoms with van der Waals surface area (Å²) in [6.07, 6.45) is 13.6. The molecular weight excluding hydrogens is 248 g/mol. The third kappa shape index (κ3) is 3.35. The van der Waals surface area contributed by atoms with Gasteiger partial charge >= 0.3 is 0 Å². The van der Waals surface area contributed by atoms with Crippen LogP contribution in [0.25, 0.3) is 0 Å². The number of likely N-dealkylation sites (tertiary alicyclic amines) is 1. The number of hydrogen-bond acceptors (Lipinski definition) is 3. The van der Waals surface area contributed by atoms with Crippen molar-refractivity contribution in [2.75, 3.05) is 25.0 Å². The Hall–Kier alpha value is -1.03. The molecule has 1 saturated carbocycles. The Bertz CT molecular complexity index is 402. The van der Waals surface area contributed by atoms with Crippen LogP contribution in [-0.2, 0) is 0 Å². The van der Waals surface area contributed by atoms with Gasteiger partial charge in [0.25, 0.3) is 0 Å². The van der Waals surface area contributed by atoms with Gasteiger partial charge in [-0.2, -0.15) is 0 Å². The number of nitrogens with one attached hydrogen (secondary N) is 1. The highest BCUT2D eigenvalue weighted by Crippen LogP contribution is 2.30. The highest BCUT2D eigenvalue weighted by Gasteiger charge is 2.20. The summed E-state index contributed by atoms with van der Waals surface area (Å²) in [6, 6.07) is 1.13. The standard InChI is InChI=1S/C16H28N4/c1-14(13-19-10-5-6-11-19)18-16-17-9-12-20(16)15-7-3-2-4-8-15/h9,12,14-15H,2-8,10-11,13H2,1H3,(H,17,18). The van der Waals surface area contributed by atoms with Gasteiger partial charge in [0.15, 0.2) is 0 Å². The molecule has 0 bridgehead atoms. The maximum atomic E-state index is 4.54. The zero-order valence-corrected chi connectivity index (χ0v) is 12.7. The Morgan fingerprint density at radius 3 is 2.70 bits per heavy atom. The summed E-state index contributed by atoms with van der Waals surface area (Å²) in [5.74, 6) is 1.07. The van der Waals surface area contributed by atoms with Gasteiger partial charge in [0.1, 0.15) is 0 Å². The molecule has 3 rings (SSSR count). The molecule has 4 nitrogen and oxygen atoms in total. The van der Waals surface area contributed by atoms with Crippen molar-refractivity contribution >= 4 is 5.95 Å². The number of aromatic nitrogens is 2. The molecule has 1 aromatic rings. The lowest BCUT2D eigenvalue weighted by Gasteiger charge is -2.27. The lowest BCUT2D eigenvalue weighted by Crippen LogP contribution is -2.34. The molecule has 2 aliphatic rings. The van der Waals surface area contributed by atoms with E-state index in [9.17, 15) is 0 Å². The predicted octanol–water partition coefficient (Wildman–Crippen LogP) is 3.28. The molecule has 0 spiro atoms. The first kappa shape index (κ1) is 13.9. The molecule has 0 amide bonds. The monoisotopic (exact) mass is 276 g/mol. The Morgan fingerprint density at radius 1 is 1.20 bits per heavy atom. The number of rotatable bonds is 5. The molecule has 4 heteroatoms. The van der Waals surface area contributed by atoms with Crippen molar-refractivity contribution in [3.8, 4) is 0 Å². The third-order valence-electron chi connectivity index (χ3n) is 4.74. The second kappa shape index (κ2) is 6.61. The van der Waals surface area contributed by atoms with E-state index in [-0.39, 0.29) is 0 Å². The number of imidazole rings is 1. The van der Waals surface area contributed by atoms with Crippen LogP contribution in [0.4, 0.5) is 5.95 Å². The Morgan fingerprint density at radius 2 is 1.95 bits per heavy atom. The smallest absolute Gasteiger partial charge is 0.203 e. The lowest BCUT2D eigenvalue weighted by molar-refractivity contribution is 0.324. The first-order chi connectivity index (χ1) is 9.83. The fraction of sp³-hybridized carbons (Fsp3) is 0.812. The van der Waals surface area contributed by atoms with Crippen LogP contribution in [0.3, 0.4) is 0 Å². The van der Waals surface area contributed by atoms with Crippen molar-refractivity contribution in [1.82, 2.24) is 14.5 Å². The minimum atomic E-state index is 0.470. The van der Waals surface area contributed by atoms with Gasteiger partial charge in [0.05, 0.1) is 0 Å². The van der Waals surface area contributed by atoms with Crippen molar-refractivity contribution in [2.45, 2.75) is 64.0 Å². The van der Waals surface area contributed by atoms with E-state index in [2.05, 4.69) is 32.9 Å². The van der Waals surface area contributed by atoms with Gasteiger partial charge in [-0.1, -0.05) is 19.3 Å². The zero-order chi connectivity index (χ0) is 13.8. The molecular formula is C16H28N4. The van der Waals surface area contributed by atoms with Crippen LogP contribution >= 0.6 is 0 Å². The van der Waals surface area contributed by atoms with Crippen LogP contribution in [0.15, 0.2) is 12.4 Å². The Kier molecular flexibility index (Phi) is 4.61. The minimum Gasteiger partial charge on any atom is -0.352 e. The predicted molar refractivity (Wildman–Crippen MR) is 83.1 cm³/mol. The van der Waals surface area contributed by atoms with Gasteiger partial charge in [-0.25, -0.2) is 4.98 Å². The van der Waals surface area contributed by atoms with Crippen LogP contribution in [0.2, 0.25) is 0 Å². The van der Waals surface area contributed by atoms with Crippen LogP contribution in [0, 0.1) is 0 Å². The van der Waals surface area contributed by atoms with Crippen LogP contribution in [0.1, 0.15) is 57.9 Å². The van der Waals surface area contributed by atoms with E-state index in [1.54, 1.807) is 0 Å². The molecule has 0 aromatic carbocycles. The number of anilines is 1. The van der Waals surface area contributed by atoms with Gasteiger partial charge in [0.2, 0.25) is 5.95 Å². The van der Waals surface area contributed by atoms with Crippen LogP contribution in [0.5, 0.6) is 0 Å². The van der Waals surface area contributed by atoms with E-state index in [4.69, 9.17) is 0 Å². The Balaban J connectivity index is 1.57. The molecule has 1 aliphatic heterocycles. The van der Waals surface area contributed by atoms with E-state index in [1.807, 2.05) is 6.20 Å². The summed E-state index contributed by atoms with van der Waals surface area (Å²) >= 11 is 0. The molecule has 1 saturated heterocycles. The van der Waals surface area contributed by atoms with E-state index in [0.717, 1.165) is 12.5 Å². The van der Waals surface area contributed by atoms with Crippen molar-refractivity contribution in [2.24, 2.45) is 0 Å². The second-order valence-corrected chi connectivity index (χ2v) is 6.50. The summed E-state index contributed by atoms with van der Waals surface area (Å²) < 4.78 is 2.37. The molecule has 20 heavy (non-hydrogen) atoms. The summed E-state index contributed by atoms with van der Waals surface area (Å²) in [6.45, 7) is 5.95. The van der Waals surface area contributed by atoms with E-state index >= 15 is 0 Å². The fourth-order valence-electron chi connectivity index (χ4n) is 3.70. The minimum absolute atomic E-state index is 0.470. The lowest BCUT2D eigenvalue weighted by atomic mass is 9.95. The topological polar surface area (TPSA) is 33.1 Å². The summed E-state index contributed by atoms with van der Waals surface area (Å²) in [5.41, 5.74) is 0. The molecule has 1 aliphatic carbocycles. The molecule has 1 atom stereocenters. The van der Waals surface area contributed by atoms with E-state index in [1.165, 1.54) is 58.0 Å². The van der Waals surface area contributed by atoms with Crippen molar-refractivity contribution in [1.29, 1.82) is 0 Å². The molecule has 0 radical (unpaired) electrons. The number of nitrogens with zero attached hydrogens (tertiary/aromatic N) is 3. The highest BCUT2D eigenvalue weighted by atomic mass is 15.2. The van der Waals surface area contributed by atoms with Gasteiger partial charge in [-0.15, -0.1) is 0 Å². The molecule has 112 valence electrons. The summed E-state index contributed by atoms with van der Waals surface area (Å²) in [4.78, 5) is 7.10. The zero-order valence-electron chi connectivity index (χ0n) is 12.7. The average Bonchev–Trinajstić information content (AvgIpc) is 3.11. The summed E-state index contributed by atoms with van der Waals surface area (Å²) in [7, 11) is 0. The molecule has 2 heterocycles. The average molecular weight is 276 g/mol. The quantitative estimate of drug-likeness (QED) is 0.896. The van der Waals surface area contributed by atoms with Gasteiger partial charge in [0, 0.05) is 31.0 Å². The Labute approximate surface area is 122 Å². The van der Waals surface area contributed by atoms with Crippen molar-refractivity contribution < 1.29 is 0 Å². The molecule has 1 N–H and O–H groups in total. The van der Waals surface area contributed by atoms with Crippen LogP contribution < -0.4 is 5.32 Å². The fourth-order valence-corrected chi connectivity index (χ4v) is 3.70. The first-order valence-corrected chi connectivity index (χ1v) is 8.34. The van der Waals surface area contributed by atoms with Crippen molar-refractivity contribution in [3.05, 3.63) is 12.4 Å². The molecule has 1 aromatic heterocycles.